The number of thioether (sulfide) groups is 1. The molecule has 2 aromatic rings. The molecule has 0 N–H and O–H groups in total. The third-order valence-electron chi connectivity index (χ3n) is 4.68. The molecule has 10 heteroatoms. The number of carbonyl (C=O) groups is 1. The SMILES string of the molecule is CCOC(=O)CSC1=C(C#N)C(c2cccc([N+](=O)[O-])c2)=NC(c2ccncc2)N1CC. The molecule has 0 bridgehead atoms. The number of nitriles is 1. The van der Waals surface area contributed by atoms with Crippen molar-refractivity contribution < 1.29 is 14.5 Å². The minimum absolute atomic E-state index is 0.0239. The van der Waals surface area contributed by atoms with Gasteiger partial charge in [0.2, 0.25) is 0 Å². The van der Waals surface area contributed by atoms with Gasteiger partial charge in [0.15, 0.2) is 0 Å². The van der Waals surface area contributed by atoms with Crippen molar-refractivity contribution in [1.29, 1.82) is 5.26 Å². The summed E-state index contributed by atoms with van der Waals surface area (Å²) >= 11 is 1.20. The molecule has 1 unspecified atom stereocenters. The highest BCUT2D eigenvalue weighted by Gasteiger charge is 2.32. The van der Waals surface area contributed by atoms with Crippen molar-refractivity contribution in [2.45, 2.75) is 20.0 Å². The molecule has 1 aliphatic rings. The summed E-state index contributed by atoms with van der Waals surface area (Å²) in [6.07, 6.45) is 2.82. The Labute approximate surface area is 189 Å². The van der Waals surface area contributed by atoms with Crippen LogP contribution in [-0.4, -0.2) is 45.4 Å². The summed E-state index contributed by atoms with van der Waals surface area (Å²) in [4.78, 5) is 33.6. The number of nitro benzene ring substituents is 1. The molecular formula is C22H21N5O4S. The van der Waals surface area contributed by atoms with Crippen molar-refractivity contribution in [3.63, 3.8) is 0 Å². The van der Waals surface area contributed by atoms with E-state index in [9.17, 15) is 20.2 Å². The Morgan fingerprint density at radius 1 is 1.31 bits per heavy atom. The number of pyridine rings is 1. The smallest absolute Gasteiger partial charge is 0.316 e. The van der Waals surface area contributed by atoms with Gasteiger partial charge in [-0.2, -0.15) is 5.26 Å². The van der Waals surface area contributed by atoms with Crippen LogP contribution in [0.4, 0.5) is 5.69 Å². The Balaban J connectivity index is 2.15. The highest BCUT2D eigenvalue weighted by molar-refractivity contribution is 8.03. The van der Waals surface area contributed by atoms with Crippen LogP contribution in [0.2, 0.25) is 0 Å². The largest absolute Gasteiger partial charge is 0.465 e. The first-order valence-corrected chi connectivity index (χ1v) is 10.9. The van der Waals surface area contributed by atoms with Gasteiger partial charge in [0.05, 0.1) is 28.0 Å². The van der Waals surface area contributed by atoms with Crippen molar-refractivity contribution in [1.82, 2.24) is 9.88 Å². The van der Waals surface area contributed by atoms with Gasteiger partial charge >= 0.3 is 5.97 Å². The Hall–Kier alpha value is -3.71. The predicted octanol–water partition coefficient (Wildman–Crippen LogP) is 3.84. The molecule has 1 atom stereocenters. The standard InChI is InChI=1S/C22H21N5O4S/c1-3-26-21(15-8-10-24-11-9-15)25-20(16-6-5-7-17(12-16)27(29)30)18(13-23)22(26)32-14-19(28)31-4-2/h5-12,21H,3-4,14H2,1-2H3. The van der Waals surface area contributed by atoms with Crippen molar-refractivity contribution >= 4 is 29.1 Å². The number of allylic oxidation sites excluding steroid dienone is 1. The summed E-state index contributed by atoms with van der Waals surface area (Å²) in [6, 6.07) is 11.9. The minimum Gasteiger partial charge on any atom is -0.465 e. The molecule has 1 aromatic heterocycles. The van der Waals surface area contributed by atoms with Gasteiger partial charge < -0.3 is 9.64 Å². The first-order chi connectivity index (χ1) is 15.5. The zero-order chi connectivity index (χ0) is 23.1. The highest BCUT2D eigenvalue weighted by Crippen LogP contribution is 2.39. The van der Waals surface area contributed by atoms with E-state index in [1.54, 1.807) is 31.5 Å². The zero-order valence-electron chi connectivity index (χ0n) is 17.6. The van der Waals surface area contributed by atoms with Crippen LogP contribution >= 0.6 is 11.8 Å². The topological polar surface area (TPSA) is 122 Å². The fourth-order valence-corrected chi connectivity index (χ4v) is 4.31. The number of nitro groups is 1. The number of non-ortho nitro benzene ring substituents is 1. The van der Waals surface area contributed by atoms with Crippen molar-refractivity contribution in [2.75, 3.05) is 18.9 Å². The van der Waals surface area contributed by atoms with E-state index in [-0.39, 0.29) is 23.6 Å². The van der Waals surface area contributed by atoms with E-state index in [1.807, 2.05) is 24.0 Å². The minimum atomic E-state index is -0.488. The molecular weight excluding hydrogens is 430 g/mol. The van der Waals surface area contributed by atoms with Crippen molar-refractivity contribution in [3.8, 4) is 6.07 Å². The molecule has 0 radical (unpaired) electrons. The summed E-state index contributed by atoms with van der Waals surface area (Å²) < 4.78 is 5.04. The van der Waals surface area contributed by atoms with E-state index in [0.717, 1.165) is 5.56 Å². The number of rotatable bonds is 8. The second-order valence-electron chi connectivity index (χ2n) is 6.61. The van der Waals surface area contributed by atoms with Crippen LogP contribution in [0.3, 0.4) is 0 Å². The van der Waals surface area contributed by atoms with Crippen LogP contribution in [0.25, 0.3) is 0 Å². The lowest BCUT2D eigenvalue weighted by Crippen LogP contribution is -2.33. The number of nitrogens with zero attached hydrogens (tertiary/aromatic N) is 5. The molecule has 0 saturated heterocycles. The maximum absolute atomic E-state index is 12.0. The number of ether oxygens (including phenoxy) is 1. The normalized spacial score (nSPS) is 15.7. The maximum atomic E-state index is 12.0. The summed E-state index contributed by atoms with van der Waals surface area (Å²) in [5.74, 6) is -0.367. The van der Waals surface area contributed by atoms with E-state index in [2.05, 4.69) is 11.1 Å². The van der Waals surface area contributed by atoms with Crippen LogP contribution in [-0.2, 0) is 9.53 Å². The molecule has 164 valence electrons. The number of aromatic nitrogens is 1. The van der Waals surface area contributed by atoms with Gasteiger partial charge in [0, 0.05) is 36.6 Å². The quantitative estimate of drug-likeness (QED) is 0.337. The molecule has 1 aromatic carbocycles. The van der Waals surface area contributed by atoms with E-state index >= 15 is 0 Å². The Morgan fingerprint density at radius 3 is 2.69 bits per heavy atom. The molecule has 9 nitrogen and oxygen atoms in total. The third kappa shape index (κ3) is 4.95. The average molecular weight is 452 g/mol. The molecule has 0 aliphatic carbocycles. The number of benzene rings is 1. The van der Waals surface area contributed by atoms with Gasteiger partial charge in [-0.25, -0.2) is 0 Å². The predicted molar refractivity (Wildman–Crippen MR) is 121 cm³/mol. The van der Waals surface area contributed by atoms with Gasteiger partial charge in [-0.15, -0.1) is 0 Å². The number of hydrogen-bond donors (Lipinski definition) is 0. The molecule has 3 rings (SSSR count). The number of carbonyl (C=O) groups excluding carboxylic acids is 1. The fraction of sp³-hybridized carbons (Fsp3) is 0.273. The Morgan fingerprint density at radius 2 is 2.06 bits per heavy atom. The van der Waals surface area contributed by atoms with Gasteiger partial charge in [-0.1, -0.05) is 23.9 Å². The Bertz CT molecular complexity index is 1110. The lowest BCUT2D eigenvalue weighted by molar-refractivity contribution is -0.384. The molecule has 0 amide bonds. The van der Waals surface area contributed by atoms with Crippen LogP contribution in [0.5, 0.6) is 0 Å². The molecule has 2 heterocycles. The fourth-order valence-electron chi connectivity index (χ4n) is 3.29. The van der Waals surface area contributed by atoms with Crippen molar-refractivity contribution in [2.24, 2.45) is 4.99 Å². The van der Waals surface area contributed by atoms with E-state index in [0.29, 0.717) is 22.8 Å². The molecule has 0 spiro atoms. The van der Waals surface area contributed by atoms with E-state index < -0.39 is 17.1 Å². The van der Waals surface area contributed by atoms with Gasteiger partial charge in [0.1, 0.15) is 17.8 Å². The Kier molecular flexibility index (Phi) is 7.57. The van der Waals surface area contributed by atoms with Gasteiger partial charge in [-0.3, -0.25) is 24.9 Å². The average Bonchev–Trinajstić information content (AvgIpc) is 2.82. The first kappa shape index (κ1) is 23.0. The van der Waals surface area contributed by atoms with E-state index in [4.69, 9.17) is 9.73 Å². The van der Waals surface area contributed by atoms with Gasteiger partial charge in [0.25, 0.3) is 5.69 Å². The third-order valence-corrected chi connectivity index (χ3v) is 5.77. The van der Waals surface area contributed by atoms with Crippen LogP contribution in [0.1, 0.15) is 31.1 Å². The summed E-state index contributed by atoms with van der Waals surface area (Å²) in [5, 5.41) is 21.9. The lowest BCUT2D eigenvalue weighted by Gasteiger charge is -2.36. The lowest BCUT2D eigenvalue weighted by atomic mass is 10.00. The van der Waals surface area contributed by atoms with E-state index in [1.165, 1.54) is 23.9 Å². The number of aliphatic imine (C=N–C) groups is 1. The molecule has 1 aliphatic heterocycles. The van der Waals surface area contributed by atoms with Gasteiger partial charge in [-0.05, 0) is 31.5 Å². The molecule has 32 heavy (non-hydrogen) atoms. The summed E-state index contributed by atoms with van der Waals surface area (Å²) in [6.45, 7) is 4.45. The second kappa shape index (κ2) is 10.5. The highest BCUT2D eigenvalue weighted by atomic mass is 32.2. The molecule has 0 saturated carbocycles. The number of hydrogen-bond acceptors (Lipinski definition) is 9. The van der Waals surface area contributed by atoms with Crippen LogP contribution in [0.15, 0.2) is 64.4 Å². The first-order valence-electron chi connectivity index (χ1n) is 9.92. The maximum Gasteiger partial charge on any atom is 0.316 e. The second-order valence-corrected chi connectivity index (χ2v) is 7.58. The summed E-state index contributed by atoms with van der Waals surface area (Å²) in [5.41, 5.74) is 1.80. The monoisotopic (exact) mass is 451 g/mol. The van der Waals surface area contributed by atoms with Crippen LogP contribution < -0.4 is 0 Å². The number of esters is 1. The van der Waals surface area contributed by atoms with Crippen LogP contribution in [0, 0.1) is 21.4 Å². The zero-order valence-corrected chi connectivity index (χ0v) is 18.4. The van der Waals surface area contributed by atoms with Crippen molar-refractivity contribution in [3.05, 3.63) is 80.6 Å². The molecule has 0 fully saturated rings. The summed E-state index contributed by atoms with van der Waals surface area (Å²) in [7, 11) is 0.